The fourth-order valence-electron chi connectivity index (χ4n) is 5.35. The van der Waals surface area contributed by atoms with Crippen molar-refractivity contribution in [1.29, 1.82) is 0 Å². The van der Waals surface area contributed by atoms with E-state index in [1.807, 2.05) is 36.4 Å². The van der Waals surface area contributed by atoms with E-state index in [0.29, 0.717) is 13.0 Å². The molecule has 8 nitrogen and oxygen atoms in total. The topological polar surface area (TPSA) is 76.2 Å². The molecule has 0 radical (unpaired) electrons. The van der Waals surface area contributed by atoms with Gasteiger partial charge in [-0.3, -0.25) is 9.59 Å². The van der Waals surface area contributed by atoms with Crippen molar-refractivity contribution in [2.75, 3.05) is 33.2 Å². The lowest BCUT2D eigenvalue weighted by molar-refractivity contribution is -0.178. The minimum atomic E-state index is -0.617. The van der Waals surface area contributed by atoms with E-state index in [1.54, 1.807) is 29.1 Å². The number of urea groups is 1. The third kappa shape index (κ3) is 5.93. The first kappa shape index (κ1) is 26.4. The van der Waals surface area contributed by atoms with Gasteiger partial charge < -0.3 is 15.1 Å². The first-order chi connectivity index (χ1) is 18.9. The Morgan fingerprint density at radius 1 is 0.897 bits per heavy atom. The molecule has 0 aromatic heterocycles. The lowest BCUT2D eigenvalue weighted by Crippen LogP contribution is -2.73. The summed E-state index contributed by atoms with van der Waals surface area (Å²) in [7, 11) is 1.69. The van der Waals surface area contributed by atoms with E-state index >= 15 is 0 Å². The minimum absolute atomic E-state index is 0.00215. The van der Waals surface area contributed by atoms with Crippen molar-refractivity contribution in [3.8, 4) is 0 Å². The van der Waals surface area contributed by atoms with E-state index in [4.69, 9.17) is 0 Å². The molecule has 2 fully saturated rings. The van der Waals surface area contributed by atoms with Gasteiger partial charge in [0, 0.05) is 26.1 Å². The third-order valence-electron chi connectivity index (χ3n) is 7.39. The highest BCUT2D eigenvalue weighted by Crippen LogP contribution is 2.29. The van der Waals surface area contributed by atoms with E-state index in [-0.39, 0.29) is 55.8 Å². The van der Waals surface area contributed by atoms with Gasteiger partial charge in [0.2, 0.25) is 11.8 Å². The Morgan fingerprint density at radius 3 is 2.13 bits per heavy atom. The van der Waals surface area contributed by atoms with Crippen LogP contribution in [0.1, 0.15) is 29.0 Å². The van der Waals surface area contributed by atoms with E-state index in [0.717, 1.165) is 5.56 Å². The summed E-state index contributed by atoms with van der Waals surface area (Å²) in [5.41, 5.74) is 3.10. The number of hydrogen-bond donors (Lipinski definition) is 1. The monoisotopic (exact) mass is 529 g/mol. The summed E-state index contributed by atoms with van der Waals surface area (Å²) in [6, 6.07) is 26.0. The Bertz CT molecular complexity index is 1270. The molecule has 1 N–H and O–H groups in total. The molecule has 2 saturated heterocycles. The predicted octanol–water partition coefficient (Wildman–Crippen LogP) is 3.42. The SMILES string of the molecule is CN1CC(=O)N2CC(=O)N(CCC(c3ccccc3)c3ccccc3)C[C@@H]2N1C(=O)NCc1ccc(F)cc1. The number of rotatable bonds is 7. The predicted molar refractivity (Wildman–Crippen MR) is 145 cm³/mol. The van der Waals surface area contributed by atoms with Crippen molar-refractivity contribution in [2.24, 2.45) is 0 Å². The molecule has 2 aliphatic rings. The summed E-state index contributed by atoms with van der Waals surface area (Å²) in [5, 5.41) is 5.97. The van der Waals surface area contributed by atoms with Gasteiger partial charge in [-0.2, -0.15) is 0 Å². The van der Waals surface area contributed by atoms with E-state index in [1.165, 1.54) is 33.2 Å². The second-order valence-corrected chi connectivity index (χ2v) is 9.95. The highest BCUT2D eigenvalue weighted by atomic mass is 19.1. The average Bonchev–Trinajstić information content (AvgIpc) is 2.95. The standard InChI is InChI=1S/C30H32FN5O3/c1-33-20-29(38)35-21-28(37)34(17-16-26(23-8-4-2-5-9-23)24-10-6-3-7-11-24)19-27(35)36(33)30(39)32-18-22-12-14-25(31)15-13-22/h2-15,26-27H,16-21H2,1H3,(H,32,39)/t27-/m0/s1. The average molecular weight is 530 g/mol. The van der Waals surface area contributed by atoms with E-state index < -0.39 is 6.17 Å². The Hall–Kier alpha value is -4.24. The van der Waals surface area contributed by atoms with Gasteiger partial charge in [0.1, 0.15) is 18.5 Å². The van der Waals surface area contributed by atoms with Crippen LogP contribution in [0.5, 0.6) is 0 Å². The van der Waals surface area contributed by atoms with Crippen molar-refractivity contribution in [3.63, 3.8) is 0 Å². The molecule has 9 heteroatoms. The number of benzene rings is 3. The van der Waals surface area contributed by atoms with Gasteiger partial charge >= 0.3 is 6.03 Å². The lowest BCUT2D eigenvalue weighted by atomic mass is 9.88. The number of piperazine rings is 1. The van der Waals surface area contributed by atoms with Gasteiger partial charge in [-0.05, 0) is 35.2 Å². The van der Waals surface area contributed by atoms with Crippen molar-refractivity contribution < 1.29 is 18.8 Å². The van der Waals surface area contributed by atoms with Gasteiger partial charge in [-0.1, -0.05) is 72.8 Å². The van der Waals surface area contributed by atoms with Crippen LogP contribution in [0.25, 0.3) is 0 Å². The number of hydrogen-bond acceptors (Lipinski definition) is 4. The van der Waals surface area contributed by atoms with Crippen molar-refractivity contribution >= 4 is 17.8 Å². The second kappa shape index (κ2) is 11.7. The van der Waals surface area contributed by atoms with Crippen LogP contribution in [-0.2, 0) is 16.1 Å². The normalized spacial score (nSPS) is 17.9. The van der Waals surface area contributed by atoms with Crippen LogP contribution in [0.3, 0.4) is 0 Å². The molecule has 4 amide bonds. The Morgan fingerprint density at radius 2 is 1.51 bits per heavy atom. The molecule has 3 aromatic rings. The highest BCUT2D eigenvalue weighted by molar-refractivity contribution is 5.89. The molecule has 202 valence electrons. The quantitative estimate of drug-likeness (QED) is 0.509. The lowest BCUT2D eigenvalue weighted by Gasteiger charge is -2.51. The minimum Gasteiger partial charge on any atom is -0.337 e. The number of hydrazine groups is 1. The third-order valence-corrected chi connectivity index (χ3v) is 7.39. The number of amides is 4. The molecule has 5 rings (SSSR count). The molecule has 0 spiro atoms. The number of nitrogens with one attached hydrogen (secondary N) is 1. The molecule has 0 unspecified atom stereocenters. The molecule has 0 aliphatic carbocycles. The Balaban J connectivity index is 1.31. The number of fused-ring (bicyclic) bond motifs is 1. The number of halogens is 1. The molecular weight excluding hydrogens is 497 g/mol. The van der Waals surface area contributed by atoms with Crippen LogP contribution in [0.15, 0.2) is 84.9 Å². The van der Waals surface area contributed by atoms with Crippen LogP contribution in [0.4, 0.5) is 9.18 Å². The molecule has 2 aliphatic heterocycles. The van der Waals surface area contributed by atoms with Crippen molar-refractivity contribution in [1.82, 2.24) is 25.1 Å². The summed E-state index contributed by atoms with van der Waals surface area (Å²) >= 11 is 0. The molecule has 2 heterocycles. The highest BCUT2D eigenvalue weighted by Gasteiger charge is 2.45. The number of carbonyl (C=O) groups is 3. The zero-order chi connectivity index (χ0) is 27.4. The maximum absolute atomic E-state index is 13.3. The van der Waals surface area contributed by atoms with Crippen molar-refractivity contribution in [2.45, 2.75) is 25.0 Å². The largest absolute Gasteiger partial charge is 0.337 e. The Kier molecular flexibility index (Phi) is 7.88. The van der Waals surface area contributed by atoms with Crippen LogP contribution in [0, 0.1) is 5.82 Å². The van der Waals surface area contributed by atoms with Crippen LogP contribution < -0.4 is 5.32 Å². The fraction of sp³-hybridized carbons (Fsp3) is 0.300. The summed E-state index contributed by atoms with van der Waals surface area (Å²) in [5.74, 6) is -0.562. The molecular formula is C30H32FN5O3. The second-order valence-electron chi connectivity index (χ2n) is 9.95. The first-order valence-electron chi connectivity index (χ1n) is 13.1. The van der Waals surface area contributed by atoms with E-state index in [9.17, 15) is 18.8 Å². The maximum atomic E-state index is 13.3. The van der Waals surface area contributed by atoms with Gasteiger partial charge in [0.05, 0.1) is 13.1 Å². The summed E-state index contributed by atoms with van der Waals surface area (Å²) in [6.45, 7) is 0.844. The first-order valence-corrected chi connectivity index (χ1v) is 13.1. The van der Waals surface area contributed by atoms with Crippen LogP contribution in [-0.4, -0.2) is 77.1 Å². The zero-order valence-electron chi connectivity index (χ0n) is 21.9. The maximum Gasteiger partial charge on any atom is 0.334 e. The molecule has 0 bridgehead atoms. The molecule has 1 atom stereocenters. The van der Waals surface area contributed by atoms with Crippen LogP contribution in [0.2, 0.25) is 0 Å². The smallest absolute Gasteiger partial charge is 0.334 e. The molecule has 3 aromatic carbocycles. The van der Waals surface area contributed by atoms with E-state index in [2.05, 4.69) is 29.6 Å². The number of likely N-dealkylation sites (N-methyl/N-ethyl adjacent to an activating group) is 1. The van der Waals surface area contributed by atoms with Crippen molar-refractivity contribution in [3.05, 3.63) is 107 Å². The molecule has 0 saturated carbocycles. The zero-order valence-corrected chi connectivity index (χ0v) is 21.9. The van der Waals surface area contributed by atoms with Gasteiger partial charge in [-0.15, -0.1) is 0 Å². The Labute approximate surface area is 227 Å². The van der Waals surface area contributed by atoms with Gasteiger partial charge in [0.25, 0.3) is 0 Å². The summed E-state index contributed by atoms with van der Waals surface area (Å²) in [4.78, 5) is 42.5. The van der Waals surface area contributed by atoms with Gasteiger partial charge in [0.15, 0.2) is 0 Å². The fourth-order valence-corrected chi connectivity index (χ4v) is 5.35. The number of carbonyl (C=O) groups excluding carboxylic acids is 3. The summed E-state index contributed by atoms with van der Waals surface area (Å²) in [6.07, 6.45) is 0.0848. The number of nitrogens with zero attached hydrogens (tertiary/aromatic N) is 4. The molecule has 39 heavy (non-hydrogen) atoms. The summed E-state index contributed by atoms with van der Waals surface area (Å²) < 4.78 is 13.3. The van der Waals surface area contributed by atoms with Crippen LogP contribution >= 0.6 is 0 Å². The van der Waals surface area contributed by atoms with Gasteiger partial charge in [-0.25, -0.2) is 19.2 Å².